The molecule has 4 heteroatoms. The van der Waals surface area contributed by atoms with E-state index in [-0.39, 0.29) is 11.7 Å². The fourth-order valence-corrected chi connectivity index (χ4v) is 3.04. The molecule has 0 aromatic heterocycles. The number of nitrogens with zero attached hydrogens (tertiary/aromatic N) is 1. The monoisotopic (exact) mass is 326 g/mol. The lowest BCUT2D eigenvalue weighted by Crippen LogP contribution is -2.36. The minimum atomic E-state index is -0.653. The molecule has 0 heterocycles. The largest absolute Gasteiger partial charge is 0.378 e. The smallest absolute Gasteiger partial charge is 0.230 e. The summed E-state index contributed by atoms with van der Waals surface area (Å²) in [5.41, 5.74) is 2.20. The zero-order valence-electron chi connectivity index (χ0n) is 14.2. The molecule has 3 nitrogen and oxygen atoms in total. The van der Waals surface area contributed by atoms with E-state index in [9.17, 15) is 9.18 Å². The molecular weight excluding hydrogens is 303 g/mol. The number of benzene rings is 2. The third-order valence-corrected chi connectivity index (χ3v) is 4.73. The van der Waals surface area contributed by atoms with Gasteiger partial charge in [0.25, 0.3) is 0 Å². The van der Waals surface area contributed by atoms with Crippen LogP contribution in [0.2, 0.25) is 0 Å². The second-order valence-corrected chi connectivity index (χ2v) is 6.63. The molecule has 1 amide bonds. The molecule has 1 N–H and O–H groups in total. The molecule has 0 atom stereocenters. The molecule has 1 aliphatic carbocycles. The van der Waals surface area contributed by atoms with Gasteiger partial charge in [-0.1, -0.05) is 30.3 Å². The van der Waals surface area contributed by atoms with Crippen LogP contribution in [0.5, 0.6) is 0 Å². The first kappa shape index (κ1) is 16.5. The van der Waals surface area contributed by atoms with Crippen molar-refractivity contribution in [2.24, 2.45) is 0 Å². The maximum absolute atomic E-state index is 14.0. The number of rotatable bonds is 6. The quantitative estimate of drug-likeness (QED) is 0.883. The van der Waals surface area contributed by atoms with Crippen molar-refractivity contribution in [2.45, 2.75) is 24.7 Å². The van der Waals surface area contributed by atoms with Gasteiger partial charge in [-0.15, -0.1) is 0 Å². The molecule has 24 heavy (non-hydrogen) atoms. The maximum Gasteiger partial charge on any atom is 0.230 e. The van der Waals surface area contributed by atoms with Gasteiger partial charge in [0.2, 0.25) is 5.91 Å². The Hall–Kier alpha value is -2.36. The van der Waals surface area contributed by atoms with Gasteiger partial charge in [0.05, 0.1) is 5.41 Å². The van der Waals surface area contributed by atoms with E-state index in [0.717, 1.165) is 24.9 Å². The first-order chi connectivity index (χ1) is 11.5. The van der Waals surface area contributed by atoms with Gasteiger partial charge in [-0.05, 0) is 43.0 Å². The Kier molecular flexibility index (Phi) is 4.56. The average molecular weight is 326 g/mol. The molecule has 1 saturated carbocycles. The molecule has 1 fully saturated rings. The highest BCUT2D eigenvalue weighted by atomic mass is 19.1. The SMILES string of the molecule is CN(C)c1ccc(CCNC(=O)C2(c3ccccc3F)CC2)cc1. The Morgan fingerprint density at radius 2 is 1.79 bits per heavy atom. The molecule has 0 aliphatic heterocycles. The minimum absolute atomic E-state index is 0.0579. The number of hydrogen-bond acceptors (Lipinski definition) is 2. The Labute approximate surface area is 142 Å². The number of carbonyl (C=O) groups is 1. The highest BCUT2D eigenvalue weighted by Crippen LogP contribution is 2.49. The maximum atomic E-state index is 14.0. The lowest BCUT2D eigenvalue weighted by molar-refractivity contribution is -0.123. The van der Waals surface area contributed by atoms with Crippen LogP contribution in [0.4, 0.5) is 10.1 Å². The van der Waals surface area contributed by atoms with Crippen LogP contribution in [-0.4, -0.2) is 26.5 Å². The Morgan fingerprint density at radius 3 is 2.38 bits per heavy atom. The van der Waals surface area contributed by atoms with Gasteiger partial charge in [0.15, 0.2) is 0 Å². The normalized spacial score (nSPS) is 15.0. The van der Waals surface area contributed by atoms with E-state index in [1.807, 2.05) is 14.1 Å². The molecule has 3 rings (SSSR count). The summed E-state index contributed by atoms with van der Waals surface area (Å²) in [6.07, 6.45) is 2.21. The van der Waals surface area contributed by atoms with Gasteiger partial charge in [-0.25, -0.2) is 4.39 Å². The van der Waals surface area contributed by atoms with Gasteiger partial charge in [-0.3, -0.25) is 4.79 Å². The first-order valence-corrected chi connectivity index (χ1v) is 8.32. The predicted molar refractivity (Wildman–Crippen MR) is 94.8 cm³/mol. The van der Waals surface area contributed by atoms with Crippen molar-refractivity contribution >= 4 is 11.6 Å². The second kappa shape index (κ2) is 6.63. The summed E-state index contributed by atoms with van der Waals surface area (Å²) in [5.74, 6) is -0.345. The Balaban J connectivity index is 1.57. The van der Waals surface area contributed by atoms with Crippen molar-refractivity contribution in [3.05, 3.63) is 65.5 Å². The zero-order chi connectivity index (χ0) is 17.2. The number of halogens is 1. The standard InChI is InChI=1S/C20H23FN2O/c1-23(2)16-9-7-15(8-10-16)11-14-22-19(24)20(12-13-20)17-5-3-4-6-18(17)21/h3-10H,11-14H2,1-2H3,(H,22,24). The first-order valence-electron chi connectivity index (χ1n) is 8.32. The fraction of sp³-hybridized carbons (Fsp3) is 0.350. The summed E-state index contributed by atoms with van der Waals surface area (Å²) < 4.78 is 14.0. The molecule has 2 aromatic rings. The minimum Gasteiger partial charge on any atom is -0.378 e. The summed E-state index contributed by atoms with van der Waals surface area (Å²) in [6, 6.07) is 14.9. The lowest BCUT2D eigenvalue weighted by Gasteiger charge is -2.17. The average Bonchev–Trinajstić information content (AvgIpc) is 3.37. The summed E-state index contributed by atoms with van der Waals surface area (Å²) in [6.45, 7) is 0.566. The molecule has 126 valence electrons. The topological polar surface area (TPSA) is 32.3 Å². The number of hydrogen-bond donors (Lipinski definition) is 1. The van der Waals surface area contributed by atoms with Gasteiger partial charge < -0.3 is 10.2 Å². The van der Waals surface area contributed by atoms with Crippen molar-refractivity contribution < 1.29 is 9.18 Å². The van der Waals surface area contributed by atoms with E-state index in [2.05, 4.69) is 34.5 Å². The number of amides is 1. The molecule has 1 aliphatic rings. The lowest BCUT2D eigenvalue weighted by atomic mass is 9.94. The van der Waals surface area contributed by atoms with E-state index in [4.69, 9.17) is 0 Å². The van der Waals surface area contributed by atoms with E-state index < -0.39 is 5.41 Å². The number of anilines is 1. The van der Waals surface area contributed by atoms with E-state index >= 15 is 0 Å². The molecule has 0 unspecified atom stereocenters. The number of nitrogens with one attached hydrogen (secondary N) is 1. The molecule has 2 aromatic carbocycles. The molecule has 0 saturated heterocycles. The van der Waals surface area contributed by atoms with Crippen molar-refractivity contribution in [1.82, 2.24) is 5.32 Å². The van der Waals surface area contributed by atoms with Gasteiger partial charge in [-0.2, -0.15) is 0 Å². The molecule has 0 spiro atoms. The van der Waals surface area contributed by atoms with Crippen LogP contribution in [0, 0.1) is 5.82 Å². The van der Waals surface area contributed by atoms with Gasteiger partial charge in [0.1, 0.15) is 5.82 Å². The second-order valence-electron chi connectivity index (χ2n) is 6.63. The molecule has 0 bridgehead atoms. The van der Waals surface area contributed by atoms with Crippen LogP contribution >= 0.6 is 0 Å². The van der Waals surface area contributed by atoms with Crippen LogP contribution < -0.4 is 10.2 Å². The van der Waals surface area contributed by atoms with E-state index in [0.29, 0.717) is 12.1 Å². The van der Waals surface area contributed by atoms with E-state index in [1.165, 1.54) is 11.6 Å². The van der Waals surface area contributed by atoms with Gasteiger partial charge in [0, 0.05) is 31.9 Å². The molecule has 0 radical (unpaired) electrons. The van der Waals surface area contributed by atoms with Crippen molar-refractivity contribution in [2.75, 3.05) is 25.5 Å². The fourth-order valence-electron chi connectivity index (χ4n) is 3.04. The third kappa shape index (κ3) is 3.28. The van der Waals surface area contributed by atoms with Crippen LogP contribution in [0.1, 0.15) is 24.0 Å². The van der Waals surface area contributed by atoms with Crippen molar-refractivity contribution in [3.63, 3.8) is 0 Å². The van der Waals surface area contributed by atoms with Gasteiger partial charge >= 0.3 is 0 Å². The predicted octanol–water partition coefficient (Wildman–Crippen LogP) is 3.28. The zero-order valence-corrected chi connectivity index (χ0v) is 14.2. The summed E-state index contributed by atoms with van der Waals surface area (Å²) in [7, 11) is 4.01. The highest BCUT2D eigenvalue weighted by Gasteiger charge is 2.52. The summed E-state index contributed by atoms with van der Waals surface area (Å²) in [4.78, 5) is 14.6. The van der Waals surface area contributed by atoms with Crippen molar-refractivity contribution in [3.8, 4) is 0 Å². The van der Waals surface area contributed by atoms with Crippen LogP contribution in [0.3, 0.4) is 0 Å². The summed E-state index contributed by atoms with van der Waals surface area (Å²) >= 11 is 0. The molecular formula is C20H23FN2O. The Morgan fingerprint density at radius 1 is 1.12 bits per heavy atom. The number of carbonyl (C=O) groups excluding carboxylic acids is 1. The van der Waals surface area contributed by atoms with Crippen LogP contribution in [-0.2, 0) is 16.6 Å². The van der Waals surface area contributed by atoms with E-state index in [1.54, 1.807) is 18.2 Å². The highest BCUT2D eigenvalue weighted by molar-refractivity contribution is 5.91. The van der Waals surface area contributed by atoms with Crippen LogP contribution in [0.25, 0.3) is 0 Å². The third-order valence-electron chi connectivity index (χ3n) is 4.73. The van der Waals surface area contributed by atoms with Crippen molar-refractivity contribution in [1.29, 1.82) is 0 Å². The van der Waals surface area contributed by atoms with Crippen LogP contribution in [0.15, 0.2) is 48.5 Å². The summed E-state index contributed by atoms with van der Waals surface area (Å²) in [5, 5.41) is 2.98. The Bertz CT molecular complexity index is 721.